The number of hydrogen-bond donors (Lipinski definition) is 0. The lowest BCUT2D eigenvalue weighted by molar-refractivity contribution is -0.143. The quantitative estimate of drug-likeness (QED) is 0.271. The molecule has 0 aliphatic carbocycles. The van der Waals surface area contributed by atoms with Crippen LogP contribution >= 0.6 is 0 Å². The normalized spacial score (nSPS) is 17.9. The summed E-state index contributed by atoms with van der Waals surface area (Å²) in [7, 11) is 2.47. The number of hydrogen-bond acceptors (Lipinski definition) is 3. The van der Waals surface area contributed by atoms with E-state index in [1.54, 1.807) is 0 Å². The largest absolute Gasteiger partial charge is 0.449 e. The number of carbonyl (C=O) groups is 2. The van der Waals surface area contributed by atoms with Gasteiger partial charge >= 0.3 is 24.5 Å². The fraction of sp³-hybridized carbons (Fsp3) is 0.481. The van der Waals surface area contributed by atoms with Crippen LogP contribution in [0.5, 0.6) is 0 Å². The van der Waals surface area contributed by atoms with E-state index < -0.39 is 59.1 Å². The van der Waals surface area contributed by atoms with E-state index in [0.29, 0.717) is 24.1 Å². The molecule has 3 rings (SSSR count). The summed E-state index contributed by atoms with van der Waals surface area (Å²) in [6.45, 7) is 2.47. The Balaban J connectivity index is 1.90. The number of likely N-dealkylation sites (N-methyl/N-ethyl adjacent to an activating group) is 1. The number of piperidine rings is 1. The van der Waals surface area contributed by atoms with Crippen molar-refractivity contribution in [3.8, 4) is 0 Å². The van der Waals surface area contributed by atoms with Gasteiger partial charge in [0, 0.05) is 44.8 Å². The Hall–Kier alpha value is -3.51. The van der Waals surface area contributed by atoms with E-state index in [1.807, 2.05) is 6.92 Å². The number of amides is 3. The fourth-order valence-corrected chi connectivity index (χ4v) is 4.62. The molecule has 1 fully saturated rings. The minimum Gasteiger partial charge on any atom is -0.449 e. The summed E-state index contributed by atoms with van der Waals surface area (Å²) in [6, 6.07) is 4.93. The highest BCUT2D eigenvalue weighted by molar-refractivity contribution is 5.92. The van der Waals surface area contributed by atoms with Crippen molar-refractivity contribution in [3.63, 3.8) is 0 Å². The fourth-order valence-electron chi connectivity index (χ4n) is 4.62. The van der Waals surface area contributed by atoms with E-state index in [4.69, 9.17) is 4.74 Å². The van der Waals surface area contributed by atoms with Crippen LogP contribution in [-0.2, 0) is 17.1 Å². The molecular weight excluding hydrogens is 547 g/mol. The number of halogens is 7. The van der Waals surface area contributed by atoms with E-state index >= 15 is 0 Å². The van der Waals surface area contributed by atoms with Crippen molar-refractivity contribution in [1.82, 2.24) is 9.80 Å². The van der Waals surface area contributed by atoms with Gasteiger partial charge in [-0.25, -0.2) is 14.0 Å². The Morgan fingerprint density at radius 2 is 1.55 bits per heavy atom. The van der Waals surface area contributed by atoms with Gasteiger partial charge in [0.1, 0.15) is 5.82 Å². The molecule has 1 aliphatic rings. The van der Waals surface area contributed by atoms with Gasteiger partial charge in [0.15, 0.2) is 0 Å². The van der Waals surface area contributed by atoms with Crippen LogP contribution in [0, 0.1) is 5.82 Å². The topological polar surface area (TPSA) is 53.1 Å². The Labute approximate surface area is 227 Å². The van der Waals surface area contributed by atoms with Crippen LogP contribution in [0.2, 0.25) is 0 Å². The molecule has 2 aromatic carbocycles. The highest BCUT2D eigenvalue weighted by atomic mass is 19.4. The summed E-state index contributed by atoms with van der Waals surface area (Å²) in [6.07, 6.45) is -8.95. The minimum absolute atomic E-state index is 0.00852. The third-order valence-electron chi connectivity index (χ3n) is 6.90. The molecule has 220 valence electrons. The average molecular weight is 578 g/mol. The summed E-state index contributed by atoms with van der Waals surface area (Å²) in [5.41, 5.74) is -3.08. The molecule has 0 radical (unpaired) electrons. The maximum atomic E-state index is 13.6. The molecule has 2 aromatic rings. The van der Waals surface area contributed by atoms with Crippen LogP contribution in [0.4, 0.5) is 46.0 Å². The predicted octanol–water partition coefficient (Wildman–Crippen LogP) is 7.15. The average Bonchev–Trinajstić information content (AvgIpc) is 2.90. The van der Waals surface area contributed by atoms with Gasteiger partial charge in [0.25, 0.3) is 0 Å². The Bertz CT molecular complexity index is 1150. The molecule has 0 bridgehead atoms. The summed E-state index contributed by atoms with van der Waals surface area (Å²) in [5, 5.41) is 0. The van der Waals surface area contributed by atoms with E-state index in [-0.39, 0.29) is 32.2 Å². The maximum absolute atomic E-state index is 13.6. The number of anilines is 1. The molecule has 6 nitrogen and oxygen atoms in total. The second-order valence-corrected chi connectivity index (χ2v) is 9.64. The summed E-state index contributed by atoms with van der Waals surface area (Å²) in [5.74, 6) is -1.04. The van der Waals surface area contributed by atoms with Crippen LogP contribution in [0.1, 0.15) is 48.8 Å². The zero-order valence-corrected chi connectivity index (χ0v) is 22.2. The first-order chi connectivity index (χ1) is 18.6. The Kier molecular flexibility index (Phi) is 9.57. The molecule has 0 unspecified atom stereocenters. The summed E-state index contributed by atoms with van der Waals surface area (Å²) < 4.78 is 99.1. The van der Waals surface area contributed by atoms with Gasteiger partial charge in [-0.2, -0.15) is 26.3 Å². The number of nitrogens with zero attached hydrogens (tertiary/aromatic N) is 3. The number of unbranched alkanes of at least 4 members (excludes halogenated alkanes) is 1. The molecule has 0 N–H and O–H groups in total. The molecule has 0 spiro atoms. The molecule has 1 saturated heterocycles. The summed E-state index contributed by atoms with van der Waals surface area (Å²) in [4.78, 5) is 29.4. The van der Waals surface area contributed by atoms with Crippen LogP contribution in [0.15, 0.2) is 42.5 Å². The maximum Gasteiger partial charge on any atom is 0.416 e. The molecule has 0 aromatic heterocycles. The van der Waals surface area contributed by atoms with Crippen LogP contribution in [-0.4, -0.2) is 61.8 Å². The first kappa shape index (κ1) is 31.0. The number of urea groups is 1. The van der Waals surface area contributed by atoms with Crippen molar-refractivity contribution in [2.24, 2.45) is 0 Å². The second-order valence-electron chi connectivity index (χ2n) is 9.64. The van der Waals surface area contributed by atoms with Gasteiger partial charge in [0.2, 0.25) is 0 Å². The first-order valence-corrected chi connectivity index (χ1v) is 12.6. The third kappa shape index (κ3) is 7.36. The lowest BCUT2D eigenvalue weighted by Gasteiger charge is -2.43. The Morgan fingerprint density at radius 1 is 0.975 bits per heavy atom. The van der Waals surface area contributed by atoms with Gasteiger partial charge in [0.05, 0.1) is 17.7 Å². The number of benzene rings is 2. The van der Waals surface area contributed by atoms with Crippen molar-refractivity contribution in [2.75, 3.05) is 38.7 Å². The van der Waals surface area contributed by atoms with Gasteiger partial charge in [-0.05, 0) is 48.7 Å². The van der Waals surface area contributed by atoms with Crippen molar-refractivity contribution in [3.05, 3.63) is 65.0 Å². The van der Waals surface area contributed by atoms with Gasteiger partial charge in [-0.3, -0.25) is 4.90 Å². The number of likely N-dealkylation sites (tertiary alicyclic amines) is 1. The first-order valence-electron chi connectivity index (χ1n) is 12.6. The molecule has 1 heterocycles. The molecular formula is C27H30F7N3O3. The standard InChI is InChI=1S/C27H30F7N3O3/c1-4-5-12-40-25(39)37-11-10-23(22(16-37)17-6-8-20(28)9-7-17)36(3)24(38)35(2)21-14-18(26(29,30)31)13-19(15-21)27(32,33)34/h6-9,13-15,22-23H,4-5,10-12,16H2,1-3H3/t22-,23+/m0/s1. The highest BCUT2D eigenvalue weighted by Gasteiger charge is 2.40. The number of carbonyl (C=O) groups excluding carboxylic acids is 2. The van der Waals surface area contributed by atoms with Crippen molar-refractivity contribution in [2.45, 2.75) is 50.5 Å². The molecule has 3 amide bonds. The van der Waals surface area contributed by atoms with Crippen LogP contribution in [0.25, 0.3) is 0 Å². The molecule has 40 heavy (non-hydrogen) atoms. The molecule has 13 heteroatoms. The van der Waals surface area contributed by atoms with E-state index in [9.17, 15) is 40.3 Å². The van der Waals surface area contributed by atoms with Crippen molar-refractivity contribution >= 4 is 17.8 Å². The minimum atomic E-state index is -5.07. The van der Waals surface area contributed by atoms with Crippen molar-refractivity contribution in [1.29, 1.82) is 0 Å². The monoisotopic (exact) mass is 577 g/mol. The zero-order valence-electron chi connectivity index (χ0n) is 22.2. The van der Waals surface area contributed by atoms with E-state index in [1.165, 1.54) is 41.1 Å². The third-order valence-corrected chi connectivity index (χ3v) is 6.90. The number of alkyl halides is 6. The lowest BCUT2D eigenvalue weighted by Crippen LogP contribution is -2.54. The SMILES string of the molecule is CCCCOC(=O)N1CC[C@@H](N(C)C(=O)N(C)c2cc(C(F)(F)F)cc(C(F)(F)F)c2)[C@H](c2ccc(F)cc2)C1. The zero-order chi connectivity index (χ0) is 29.8. The van der Waals surface area contributed by atoms with Gasteiger partial charge in [-0.1, -0.05) is 25.5 Å². The van der Waals surface area contributed by atoms with Gasteiger partial charge < -0.3 is 14.5 Å². The van der Waals surface area contributed by atoms with E-state index in [2.05, 4.69) is 0 Å². The van der Waals surface area contributed by atoms with E-state index in [0.717, 1.165) is 18.4 Å². The van der Waals surface area contributed by atoms with Crippen LogP contribution < -0.4 is 4.90 Å². The molecule has 0 saturated carbocycles. The predicted molar refractivity (Wildman–Crippen MR) is 133 cm³/mol. The lowest BCUT2D eigenvalue weighted by atomic mass is 9.85. The number of ether oxygens (including phenoxy) is 1. The molecule has 1 aliphatic heterocycles. The van der Waals surface area contributed by atoms with Gasteiger partial charge in [-0.15, -0.1) is 0 Å². The second kappa shape index (κ2) is 12.3. The van der Waals surface area contributed by atoms with Crippen molar-refractivity contribution < 1.29 is 45.1 Å². The van der Waals surface area contributed by atoms with Crippen LogP contribution in [0.3, 0.4) is 0 Å². The smallest absolute Gasteiger partial charge is 0.416 e. The Morgan fingerprint density at radius 3 is 2.08 bits per heavy atom. The summed E-state index contributed by atoms with van der Waals surface area (Å²) >= 11 is 0. The highest BCUT2D eigenvalue weighted by Crippen LogP contribution is 2.39. The number of rotatable bonds is 6. The molecule has 2 atom stereocenters.